The van der Waals surface area contributed by atoms with Crippen molar-refractivity contribution in [3.8, 4) is 6.07 Å². The number of aryl methyl sites for hydroxylation is 2. The van der Waals surface area contributed by atoms with E-state index in [4.69, 9.17) is 5.26 Å². The van der Waals surface area contributed by atoms with Crippen molar-refractivity contribution < 1.29 is 9.59 Å². The van der Waals surface area contributed by atoms with E-state index < -0.39 is 0 Å². The van der Waals surface area contributed by atoms with Crippen molar-refractivity contribution in [2.75, 3.05) is 6.54 Å². The van der Waals surface area contributed by atoms with Crippen LogP contribution in [0.15, 0.2) is 42.5 Å². The van der Waals surface area contributed by atoms with Gasteiger partial charge in [0.25, 0.3) is 5.91 Å². The summed E-state index contributed by atoms with van der Waals surface area (Å²) in [4.78, 5) is 26.8. The van der Waals surface area contributed by atoms with Crippen LogP contribution in [0, 0.1) is 25.2 Å². The number of nitriles is 1. The zero-order valence-electron chi connectivity index (χ0n) is 17.2. The monoisotopic (exact) mass is 389 g/mol. The molecular formula is C24H27N3O2. The molecule has 1 heterocycles. The van der Waals surface area contributed by atoms with E-state index in [0.29, 0.717) is 24.1 Å². The zero-order chi connectivity index (χ0) is 21.0. The molecule has 1 aliphatic rings. The number of piperidine rings is 1. The van der Waals surface area contributed by atoms with E-state index in [2.05, 4.69) is 17.5 Å². The van der Waals surface area contributed by atoms with Crippen molar-refractivity contribution in [1.29, 1.82) is 5.26 Å². The average Bonchev–Trinajstić information content (AvgIpc) is 2.67. The Kier molecular flexibility index (Phi) is 6.33. The van der Waals surface area contributed by atoms with Gasteiger partial charge in [0.15, 0.2) is 0 Å². The van der Waals surface area contributed by atoms with Gasteiger partial charge in [-0.1, -0.05) is 29.3 Å². The second-order valence-corrected chi connectivity index (χ2v) is 7.96. The molecule has 2 aromatic rings. The Morgan fingerprint density at radius 2 is 1.79 bits per heavy atom. The topological polar surface area (TPSA) is 73.2 Å². The first-order valence-electron chi connectivity index (χ1n) is 10.0. The fourth-order valence-electron chi connectivity index (χ4n) is 4.18. The smallest absolute Gasteiger partial charge is 0.254 e. The molecule has 0 aliphatic carbocycles. The van der Waals surface area contributed by atoms with Gasteiger partial charge in [-0.05, 0) is 62.9 Å². The summed E-state index contributed by atoms with van der Waals surface area (Å²) in [6.07, 6.45) is 2.16. The maximum absolute atomic E-state index is 13.3. The van der Waals surface area contributed by atoms with Gasteiger partial charge in [-0.15, -0.1) is 0 Å². The molecule has 3 rings (SSSR count). The molecule has 5 nitrogen and oxygen atoms in total. The normalized spacial score (nSPS) is 18.8. The molecule has 5 heteroatoms. The Morgan fingerprint density at radius 3 is 2.38 bits per heavy atom. The number of hydrogen-bond acceptors (Lipinski definition) is 3. The Hall–Kier alpha value is -3.13. The molecule has 1 N–H and O–H groups in total. The first-order valence-corrected chi connectivity index (χ1v) is 10.0. The number of nitrogens with one attached hydrogen (secondary N) is 1. The first kappa shape index (κ1) is 20.6. The lowest BCUT2D eigenvalue weighted by Gasteiger charge is -2.40. The number of rotatable bonds is 4. The van der Waals surface area contributed by atoms with E-state index in [0.717, 1.165) is 29.5 Å². The number of hydrogen-bond donors (Lipinski definition) is 1. The van der Waals surface area contributed by atoms with Gasteiger partial charge < -0.3 is 10.2 Å². The van der Waals surface area contributed by atoms with E-state index >= 15 is 0 Å². The third-order valence-electron chi connectivity index (χ3n) is 5.41. The van der Waals surface area contributed by atoms with Gasteiger partial charge in [-0.25, -0.2) is 0 Å². The molecule has 150 valence electrons. The highest BCUT2D eigenvalue weighted by atomic mass is 16.2. The van der Waals surface area contributed by atoms with E-state index in [1.165, 1.54) is 6.92 Å². The largest absolute Gasteiger partial charge is 0.353 e. The number of likely N-dealkylation sites (tertiary alicyclic amines) is 1. The lowest BCUT2D eigenvalue weighted by Crippen LogP contribution is -2.52. The molecule has 0 aromatic heterocycles. The van der Waals surface area contributed by atoms with Crippen LogP contribution in [0.25, 0.3) is 0 Å². The quantitative estimate of drug-likeness (QED) is 0.869. The lowest BCUT2D eigenvalue weighted by atomic mass is 9.91. The number of benzene rings is 2. The second-order valence-electron chi connectivity index (χ2n) is 7.96. The van der Waals surface area contributed by atoms with E-state index in [1.54, 1.807) is 12.1 Å². The molecule has 2 aromatic carbocycles. The Bertz CT molecular complexity index is 923. The minimum absolute atomic E-state index is 0.0122. The summed E-state index contributed by atoms with van der Waals surface area (Å²) in [6, 6.07) is 15.6. The van der Waals surface area contributed by atoms with Crippen molar-refractivity contribution in [3.05, 3.63) is 70.3 Å². The summed E-state index contributed by atoms with van der Waals surface area (Å²) in [6.45, 7) is 6.14. The fraction of sp³-hybridized carbons (Fsp3) is 0.375. The third kappa shape index (κ3) is 5.23. The van der Waals surface area contributed by atoms with Gasteiger partial charge in [0.1, 0.15) is 0 Å². The van der Waals surface area contributed by atoms with Crippen molar-refractivity contribution in [2.24, 2.45) is 0 Å². The summed E-state index contributed by atoms with van der Waals surface area (Å²) < 4.78 is 0. The zero-order valence-corrected chi connectivity index (χ0v) is 17.2. The second kappa shape index (κ2) is 8.91. The van der Waals surface area contributed by atoms with Crippen LogP contribution in [0.4, 0.5) is 0 Å². The van der Waals surface area contributed by atoms with E-state index in [9.17, 15) is 9.59 Å². The summed E-state index contributed by atoms with van der Waals surface area (Å²) in [5.41, 5.74) is 4.56. The maximum atomic E-state index is 13.3. The number of carbonyl (C=O) groups excluding carboxylic acids is 2. The van der Waals surface area contributed by atoms with Crippen LogP contribution in [0.1, 0.15) is 52.4 Å². The minimum atomic E-state index is -0.0405. The van der Waals surface area contributed by atoms with Crippen molar-refractivity contribution in [1.82, 2.24) is 10.2 Å². The lowest BCUT2D eigenvalue weighted by molar-refractivity contribution is -0.120. The summed E-state index contributed by atoms with van der Waals surface area (Å²) in [5.74, 6) is -0.00192. The molecule has 2 amide bonds. The number of carbonyl (C=O) groups is 2. The minimum Gasteiger partial charge on any atom is -0.353 e. The summed E-state index contributed by atoms with van der Waals surface area (Å²) in [7, 11) is 0. The van der Waals surface area contributed by atoms with Crippen molar-refractivity contribution in [3.63, 3.8) is 0 Å². The average molecular weight is 389 g/mol. The molecule has 0 spiro atoms. The number of amides is 2. The SMILES string of the molecule is CC(=O)NC1CCN(C(=O)c2cc(C)cc(C)c2)C(Cc2ccc(C#N)cc2)C1. The van der Waals surface area contributed by atoms with Crippen LogP contribution in [0.2, 0.25) is 0 Å². The molecule has 29 heavy (non-hydrogen) atoms. The van der Waals surface area contributed by atoms with Gasteiger partial charge in [-0.3, -0.25) is 9.59 Å². The highest BCUT2D eigenvalue weighted by Crippen LogP contribution is 2.24. The van der Waals surface area contributed by atoms with Crippen molar-refractivity contribution >= 4 is 11.8 Å². The van der Waals surface area contributed by atoms with Gasteiger partial charge >= 0.3 is 0 Å². The Balaban J connectivity index is 1.85. The van der Waals surface area contributed by atoms with E-state index in [1.807, 2.05) is 43.0 Å². The molecule has 0 saturated carbocycles. The molecule has 1 aliphatic heterocycles. The van der Waals surface area contributed by atoms with Gasteiger partial charge in [0.05, 0.1) is 11.6 Å². The summed E-state index contributed by atoms with van der Waals surface area (Å²) >= 11 is 0. The molecule has 0 radical (unpaired) electrons. The van der Waals surface area contributed by atoms with Gasteiger partial charge in [0, 0.05) is 31.1 Å². The third-order valence-corrected chi connectivity index (χ3v) is 5.41. The summed E-state index contributed by atoms with van der Waals surface area (Å²) in [5, 5.41) is 12.0. The van der Waals surface area contributed by atoms with E-state index in [-0.39, 0.29) is 23.9 Å². The first-order chi connectivity index (χ1) is 13.9. The molecule has 1 fully saturated rings. The fourth-order valence-corrected chi connectivity index (χ4v) is 4.18. The Labute approximate surface area is 172 Å². The van der Waals surface area contributed by atoms with Gasteiger partial charge in [0.2, 0.25) is 5.91 Å². The Morgan fingerprint density at radius 1 is 1.14 bits per heavy atom. The molecule has 1 saturated heterocycles. The molecular weight excluding hydrogens is 362 g/mol. The van der Waals surface area contributed by atoms with Crippen LogP contribution >= 0.6 is 0 Å². The maximum Gasteiger partial charge on any atom is 0.254 e. The van der Waals surface area contributed by atoms with Crippen LogP contribution in [0.3, 0.4) is 0 Å². The highest BCUT2D eigenvalue weighted by Gasteiger charge is 2.32. The molecule has 2 unspecified atom stereocenters. The number of nitrogens with zero attached hydrogens (tertiary/aromatic N) is 2. The predicted molar refractivity (Wildman–Crippen MR) is 112 cm³/mol. The van der Waals surface area contributed by atoms with Gasteiger partial charge in [-0.2, -0.15) is 5.26 Å². The van der Waals surface area contributed by atoms with Crippen molar-refractivity contribution in [2.45, 2.75) is 52.1 Å². The van der Waals surface area contributed by atoms with Crippen LogP contribution in [0.5, 0.6) is 0 Å². The highest BCUT2D eigenvalue weighted by molar-refractivity contribution is 5.95. The molecule has 0 bridgehead atoms. The molecule has 2 atom stereocenters. The predicted octanol–water partition coefficient (Wildman–Crippen LogP) is 3.53. The van der Waals surface area contributed by atoms with Crippen LogP contribution in [-0.2, 0) is 11.2 Å². The standard InChI is InChI=1S/C24H27N3O2/c1-16-10-17(2)12-21(11-16)24(29)27-9-8-22(26-18(3)28)14-23(27)13-19-4-6-20(15-25)7-5-19/h4-7,10-12,22-23H,8-9,13-14H2,1-3H3,(H,26,28). The van der Waals surface area contributed by atoms with Crippen LogP contribution in [-0.4, -0.2) is 35.3 Å². The van der Waals surface area contributed by atoms with Crippen LogP contribution < -0.4 is 5.32 Å².